The quantitative estimate of drug-likeness (QED) is 0.443. The Labute approximate surface area is 203 Å². The zero-order valence-electron chi connectivity index (χ0n) is 17.2. The minimum absolute atomic E-state index is 0.00301. The van der Waals surface area contributed by atoms with Crippen LogP contribution in [0.2, 0.25) is 10.0 Å². The van der Waals surface area contributed by atoms with Crippen LogP contribution in [0.3, 0.4) is 0 Å². The molecule has 0 unspecified atom stereocenters. The van der Waals surface area contributed by atoms with E-state index >= 15 is 0 Å². The Balaban J connectivity index is 1.89. The number of hydrogen-bond acceptors (Lipinski definition) is 7. The van der Waals surface area contributed by atoms with Crippen LogP contribution in [-0.2, 0) is 19.1 Å². The first-order valence-corrected chi connectivity index (χ1v) is 10.4. The summed E-state index contributed by atoms with van der Waals surface area (Å²) < 4.78 is 10.3. The summed E-state index contributed by atoms with van der Waals surface area (Å²) in [5.74, 6) is -4.85. The van der Waals surface area contributed by atoms with E-state index in [2.05, 4.69) is 10.3 Å². The van der Waals surface area contributed by atoms with Crippen LogP contribution in [0.5, 0.6) is 0 Å². The van der Waals surface area contributed by atoms with Crippen molar-refractivity contribution in [2.75, 3.05) is 5.32 Å². The SMILES string of the molecule is O=C(O[C@H](C(=O)O)[C@H](OC(=O)c1ccc(Cl)cc1)C(=O)Nc1cccnc1)c1ccc(Cl)cc1. The zero-order valence-corrected chi connectivity index (χ0v) is 18.7. The lowest BCUT2D eigenvalue weighted by Crippen LogP contribution is -2.48. The van der Waals surface area contributed by atoms with Gasteiger partial charge in [0.05, 0.1) is 23.0 Å². The molecule has 0 aliphatic carbocycles. The lowest BCUT2D eigenvalue weighted by molar-refractivity contribution is -0.157. The molecule has 0 saturated carbocycles. The Hall–Kier alpha value is -3.95. The first-order chi connectivity index (χ1) is 16.2. The van der Waals surface area contributed by atoms with Crippen molar-refractivity contribution < 1.29 is 33.8 Å². The predicted octanol–water partition coefficient (Wildman–Crippen LogP) is 3.86. The molecule has 3 rings (SSSR count). The van der Waals surface area contributed by atoms with Gasteiger partial charge in [0.2, 0.25) is 12.2 Å². The van der Waals surface area contributed by atoms with Gasteiger partial charge >= 0.3 is 17.9 Å². The number of ether oxygens (including phenoxy) is 2. The minimum Gasteiger partial charge on any atom is -0.478 e. The number of carboxylic acids is 1. The maximum atomic E-state index is 12.9. The summed E-state index contributed by atoms with van der Waals surface area (Å²) in [6.45, 7) is 0. The van der Waals surface area contributed by atoms with E-state index in [1.54, 1.807) is 0 Å². The summed E-state index contributed by atoms with van der Waals surface area (Å²) in [5, 5.41) is 12.8. The first kappa shape index (κ1) is 24.7. The fourth-order valence-electron chi connectivity index (χ4n) is 2.68. The molecule has 1 heterocycles. The van der Waals surface area contributed by atoms with E-state index < -0.39 is 36.0 Å². The van der Waals surface area contributed by atoms with Gasteiger partial charge in [-0.3, -0.25) is 9.78 Å². The van der Waals surface area contributed by atoms with Crippen molar-refractivity contribution in [1.29, 1.82) is 0 Å². The Bertz CT molecular complexity index is 1190. The van der Waals surface area contributed by atoms with Gasteiger partial charge in [0, 0.05) is 16.2 Å². The van der Waals surface area contributed by atoms with Crippen molar-refractivity contribution in [2.24, 2.45) is 0 Å². The molecule has 2 aromatic carbocycles. The van der Waals surface area contributed by atoms with E-state index in [1.165, 1.54) is 73.1 Å². The third-order valence-corrected chi connectivity index (χ3v) is 4.84. The lowest BCUT2D eigenvalue weighted by atomic mass is 10.1. The zero-order chi connectivity index (χ0) is 24.7. The molecular formula is C23H16Cl2N2O7. The number of pyridine rings is 1. The number of anilines is 1. The predicted molar refractivity (Wildman–Crippen MR) is 122 cm³/mol. The first-order valence-electron chi connectivity index (χ1n) is 9.61. The molecule has 9 nitrogen and oxygen atoms in total. The molecule has 0 bridgehead atoms. The third kappa shape index (κ3) is 6.53. The molecule has 0 radical (unpaired) electrons. The molecule has 1 aromatic heterocycles. The van der Waals surface area contributed by atoms with Crippen LogP contribution >= 0.6 is 23.2 Å². The molecule has 2 atom stereocenters. The molecule has 1 amide bonds. The van der Waals surface area contributed by atoms with Crippen molar-refractivity contribution in [3.8, 4) is 0 Å². The maximum Gasteiger partial charge on any atom is 0.349 e. The van der Waals surface area contributed by atoms with Crippen LogP contribution in [-0.4, -0.2) is 46.1 Å². The van der Waals surface area contributed by atoms with E-state index in [9.17, 15) is 24.3 Å². The largest absolute Gasteiger partial charge is 0.478 e. The number of carbonyl (C=O) groups is 4. The van der Waals surface area contributed by atoms with Gasteiger partial charge in [-0.1, -0.05) is 23.2 Å². The van der Waals surface area contributed by atoms with Gasteiger partial charge in [-0.2, -0.15) is 0 Å². The fourth-order valence-corrected chi connectivity index (χ4v) is 2.94. The molecule has 3 aromatic rings. The molecule has 0 saturated heterocycles. The number of hydrogen-bond donors (Lipinski definition) is 2. The summed E-state index contributed by atoms with van der Waals surface area (Å²) in [5.41, 5.74) is 0.177. The van der Waals surface area contributed by atoms with E-state index in [4.69, 9.17) is 32.7 Å². The number of amides is 1. The van der Waals surface area contributed by atoms with Crippen molar-refractivity contribution in [3.05, 3.63) is 94.2 Å². The number of carbonyl (C=O) groups excluding carboxylic acids is 3. The second-order valence-corrected chi connectivity index (χ2v) is 7.61. The van der Waals surface area contributed by atoms with Gasteiger partial charge in [-0.25, -0.2) is 14.4 Å². The van der Waals surface area contributed by atoms with E-state index in [-0.39, 0.29) is 16.8 Å². The second kappa shape index (κ2) is 11.3. The van der Waals surface area contributed by atoms with Gasteiger partial charge in [-0.15, -0.1) is 0 Å². The topological polar surface area (TPSA) is 132 Å². The van der Waals surface area contributed by atoms with Crippen LogP contribution in [0.4, 0.5) is 5.69 Å². The Morgan fingerprint density at radius 2 is 1.29 bits per heavy atom. The number of esters is 2. The molecule has 0 aliphatic heterocycles. The van der Waals surface area contributed by atoms with E-state index in [1.807, 2.05) is 0 Å². The van der Waals surface area contributed by atoms with Crippen molar-refractivity contribution in [2.45, 2.75) is 12.2 Å². The van der Waals surface area contributed by atoms with Gasteiger partial charge in [0.25, 0.3) is 5.91 Å². The monoisotopic (exact) mass is 502 g/mol. The van der Waals surface area contributed by atoms with Gasteiger partial charge in [0.15, 0.2) is 0 Å². The number of benzene rings is 2. The molecule has 0 aliphatic rings. The standard InChI is InChI=1S/C23H16Cl2N2O7/c24-15-7-3-13(4-8-15)22(31)33-18(20(28)27-17-2-1-11-26-12-17)19(21(29)30)34-23(32)14-5-9-16(25)10-6-14/h1-12,18-19H,(H,27,28)(H,29,30)/t18-,19-/m0/s1. The summed E-state index contributed by atoms with van der Waals surface area (Å²) in [6, 6.07) is 13.9. The summed E-state index contributed by atoms with van der Waals surface area (Å²) in [7, 11) is 0. The van der Waals surface area contributed by atoms with Crippen molar-refractivity contribution in [1.82, 2.24) is 4.98 Å². The van der Waals surface area contributed by atoms with Crippen molar-refractivity contribution >= 4 is 52.7 Å². The number of nitrogens with zero attached hydrogens (tertiary/aromatic N) is 1. The van der Waals surface area contributed by atoms with Crippen LogP contribution < -0.4 is 5.32 Å². The van der Waals surface area contributed by atoms with E-state index in [0.717, 1.165) is 0 Å². The fraction of sp³-hybridized carbons (Fsp3) is 0.0870. The molecule has 11 heteroatoms. The molecule has 0 fully saturated rings. The van der Waals surface area contributed by atoms with Crippen LogP contribution in [0.15, 0.2) is 73.1 Å². The Kier molecular flexibility index (Phi) is 8.18. The highest BCUT2D eigenvalue weighted by Crippen LogP contribution is 2.17. The molecule has 174 valence electrons. The van der Waals surface area contributed by atoms with Gasteiger partial charge < -0.3 is 19.9 Å². The van der Waals surface area contributed by atoms with Crippen LogP contribution in [0, 0.1) is 0 Å². The number of aromatic nitrogens is 1. The Morgan fingerprint density at radius 3 is 1.74 bits per heavy atom. The van der Waals surface area contributed by atoms with E-state index in [0.29, 0.717) is 10.0 Å². The smallest absolute Gasteiger partial charge is 0.349 e. The maximum absolute atomic E-state index is 12.9. The van der Waals surface area contributed by atoms with Crippen LogP contribution in [0.25, 0.3) is 0 Å². The van der Waals surface area contributed by atoms with Crippen LogP contribution in [0.1, 0.15) is 20.7 Å². The Morgan fingerprint density at radius 1 is 0.794 bits per heavy atom. The average molecular weight is 503 g/mol. The van der Waals surface area contributed by atoms with Gasteiger partial charge in [-0.05, 0) is 60.7 Å². The number of carboxylic acid groups (broad SMARTS) is 1. The highest BCUT2D eigenvalue weighted by Gasteiger charge is 2.41. The highest BCUT2D eigenvalue weighted by atomic mass is 35.5. The average Bonchev–Trinajstić information content (AvgIpc) is 2.82. The lowest BCUT2D eigenvalue weighted by Gasteiger charge is -2.23. The number of nitrogens with one attached hydrogen (secondary N) is 1. The summed E-state index contributed by atoms with van der Waals surface area (Å²) in [4.78, 5) is 53.9. The van der Waals surface area contributed by atoms with Crippen molar-refractivity contribution in [3.63, 3.8) is 0 Å². The highest BCUT2D eigenvalue weighted by molar-refractivity contribution is 6.31. The molecular weight excluding hydrogens is 487 g/mol. The molecule has 0 spiro atoms. The number of aliphatic carboxylic acids is 1. The molecule has 34 heavy (non-hydrogen) atoms. The number of halogens is 2. The number of rotatable bonds is 8. The normalized spacial score (nSPS) is 12.2. The summed E-state index contributed by atoms with van der Waals surface area (Å²) >= 11 is 11.6. The summed E-state index contributed by atoms with van der Waals surface area (Å²) in [6.07, 6.45) is -1.46. The minimum atomic E-state index is -2.17. The second-order valence-electron chi connectivity index (χ2n) is 6.73. The molecule has 2 N–H and O–H groups in total. The third-order valence-electron chi connectivity index (χ3n) is 4.33. The van der Waals surface area contributed by atoms with Gasteiger partial charge in [0.1, 0.15) is 0 Å².